The molecule has 0 saturated heterocycles. The van der Waals surface area contributed by atoms with Crippen molar-refractivity contribution in [2.24, 2.45) is 0 Å². The highest BCUT2D eigenvalue weighted by atomic mass is 16.4. The summed E-state index contributed by atoms with van der Waals surface area (Å²) in [6.45, 7) is -3.14. The highest BCUT2D eigenvalue weighted by Crippen LogP contribution is 2.04. The van der Waals surface area contributed by atoms with Gasteiger partial charge < -0.3 is 56.2 Å². The molecule has 7 atom stereocenters. The number of aliphatic hydroxyl groups excluding tert-OH is 11. The van der Waals surface area contributed by atoms with E-state index in [1.807, 2.05) is 0 Å². The van der Waals surface area contributed by atoms with Crippen LogP contribution < -0.4 is 0 Å². The molecule has 11 N–H and O–H groups in total. The number of hydrogen-bond donors (Lipinski definition) is 11. The lowest BCUT2D eigenvalue weighted by Gasteiger charge is -2.24. The molecule has 0 heterocycles. The zero-order valence-corrected chi connectivity index (χ0v) is 12.7. The molecule has 0 radical (unpaired) electrons. The molecule has 0 aromatic rings. The van der Waals surface area contributed by atoms with E-state index in [4.69, 9.17) is 56.2 Å². The number of carbonyl (C=O) groups excluding carboxylic acids is 1. The Morgan fingerprint density at radius 3 is 1.12 bits per heavy atom. The van der Waals surface area contributed by atoms with Crippen LogP contribution in [0.1, 0.15) is 0 Å². The van der Waals surface area contributed by atoms with Gasteiger partial charge >= 0.3 is 0 Å². The Balaban J connectivity index is 0. The molecule has 146 valence electrons. The first-order valence-electron chi connectivity index (χ1n) is 6.81. The molecule has 0 aliphatic rings. The first kappa shape index (κ1) is 25.5. The SMILES string of the molecule is O=C(CO)[C@@H](O)[C@H](O)[C@H](O)CO.OC[C@@H](O)[C@@H](O)[C@H](O)[C@@H](O)CO. The van der Waals surface area contributed by atoms with Gasteiger partial charge in [0.1, 0.15) is 49.3 Å². The normalized spacial score (nSPS) is 20.0. The summed E-state index contributed by atoms with van der Waals surface area (Å²) in [6.07, 6.45) is -11.6. The molecular weight excluding hydrogens is 336 g/mol. The van der Waals surface area contributed by atoms with Crippen LogP contribution in [0.4, 0.5) is 0 Å². The van der Waals surface area contributed by atoms with Gasteiger partial charge in [-0.1, -0.05) is 0 Å². The van der Waals surface area contributed by atoms with Crippen LogP contribution in [0.25, 0.3) is 0 Å². The molecule has 0 aromatic carbocycles. The molecule has 0 unspecified atom stereocenters. The zero-order chi connectivity index (χ0) is 19.4. The zero-order valence-electron chi connectivity index (χ0n) is 12.7. The monoisotopic (exact) mass is 362 g/mol. The highest BCUT2D eigenvalue weighted by molar-refractivity contribution is 5.84. The molecule has 12 nitrogen and oxygen atoms in total. The molecule has 0 rings (SSSR count). The van der Waals surface area contributed by atoms with Gasteiger partial charge in [-0.15, -0.1) is 0 Å². The van der Waals surface area contributed by atoms with Crippen LogP contribution in [0.15, 0.2) is 0 Å². The van der Waals surface area contributed by atoms with Crippen molar-refractivity contribution >= 4 is 5.78 Å². The number of Topliss-reactive ketones (excluding diaryl/α,β-unsaturated/α-hetero) is 1. The Bertz CT molecular complexity index is 313. The summed E-state index contributed by atoms with van der Waals surface area (Å²) >= 11 is 0. The third-order valence-electron chi connectivity index (χ3n) is 2.90. The molecule has 0 fully saturated rings. The average molecular weight is 362 g/mol. The van der Waals surface area contributed by atoms with Gasteiger partial charge in [-0.05, 0) is 0 Å². The first-order valence-corrected chi connectivity index (χ1v) is 6.81. The quantitative estimate of drug-likeness (QED) is 0.174. The summed E-state index contributed by atoms with van der Waals surface area (Å²) in [6, 6.07) is 0. The molecule has 0 aliphatic carbocycles. The van der Waals surface area contributed by atoms with Crippen LogP contribution in [0.2, 0.25) is 0 Å². The van der Waals surface area contributed by atoms with Gasteiger partial charge in [0, 0.05) is 0 Å². The fourth-order valence-corrected chi connectivity index (χ4v) is 1.27. The average Bonchev–Trinajstić information content (AvgIpc) is 2.62. The van der Waals surface area contributed by atoms with E-state index in [-0.39, 0.29) is 0 Å². The van der Waals surface area contributed by atoms with E-state index in [9.17, 15) is 4.79 Å². The molecule has 0 bridgehead atoms. The smallest absolute Gasteiger partial charge is 0.189 e. The Hall–Kier alpha value is -0.770. The second kappa shape index (κ2) is 13.5. The van der Waals surface area contributed by atoms with Crippen molar-refractivity contribution in [2.45, 2.75) is 42.7 Å². The summed E-state index contributed by atoms with van der Waals surface area (Å²) in [5.41, 5.74) is 0. The maximum absolute atomic E-state index is 10.5. The predicted octanol–water partition coefficient (Wildman–Crippen LogP) is -6.96. The third-order valence-corrected chi connectivity index (χ3v) is 2.90. The molecule has 0 spiro atoms. The maximum atomic E-state index is 10.5. The summed E-state index contributed by atoms with van der Waals surface area (Å²) < 4.78 is 0. The van der Waals surface area contributed by atoms with Crippen LogP contribution in [-0.2, 0) is 4.79 Å². The van der Waals surface area contributed by atoms with Gasteiger partial charge in [0.15, 0.2) is 5.78 Å². The van der Waals surface area contributed by atoms with Gasteiger partial charge in [-0.3, -0.25) is 4.79 Å². The Morgan fingerprint density at radius 1 is 0.583 bits per heavy atom. The van der Waals surface area contributed by atoms with Gasteiger partial charge in [0.05, 0.1) is 19.8 Å². The Labute approximate surface area is 137 Å². The van der Waals surface area contributed by atoms with Crippen molar-refractivity contribution in [1.29, 1.82) is 0 Å². The lowest BCUT2D eigenvalue weighted by atomic mass is 10.0. The van der Waals surface area contributed by atoms with Crippen LogP contribution in [-0.4, -0.2) is 131 Å². The van der Waals surface area contributed by atoms with Gasteiger partial charge in [-0.2, -0.15) is 0 Å². The number of carbonyl (C=O) groups is 1. The van der Waals surface area contributed by atoms with E-state index in [0.717, 1.165) is 0 Å². The molecule has 0 aromatic heterocycles. The first-order chi connectivity index (χ1) is 11.1. The van der Waals surface area contributed by atoms with E-state index in [0.29, 0.717) is 0 Å². The lowest BCUT2D eigenvalue weighted by molar-refractivity contribution is -0.142. The van der Waals surface area contributed by atoms with Crippen LogP contribution in [0, 0.1) is 0 Å². The molecular formula is C12H26O12. The van der Waals surface area contributed by atoms with E-state index in [1.165, 1.54) is 0 Å². The fraction of sp³-hybridized carbons (Fsp3) is 0.917. The van der Waals surface area contributed by atoms with Crippen molar-refractivity contribution in [1.82, 2.24) is 0 Å². The minimum atomic E-state index is -1.86. The molecule has 24 heavy (non-hydrogen) atoms. The molecule has 12 heteroatoms. The van der Waals surface area contributed by atoms with Crippen molar-refractivity contribution in [3.63, 3.8) is 0 Å². The molecule has 0 aliphatic heterocycles. The van der Waals surface area contributed by atoms with E-state index >= 15 is 0 Å². The molecule has 0 saturated carbocycles. The summed E-state index contributed by atoms with van der Waals surface area (Å²) in [5, 5.41) is 95.2. The second-order valence-corrected chi connectivity index (χ2v) is 4.79. The van der Waals surface area contributed by atoms with Crippen molar-refractivity contribution in [3.8, 4) is 0 Å². The summed E-state index contributed by atoms with van der Waals surface area (Å²) in [5.74, 6) is -1.00. The number of rotatable bonds is 10. The summed E-state index contributed by atoms with van der Waals surface area (Å²) in [4.78, 5) is 10.5. The molecule has 0 amide bonds. The van der Waals surface area contributed by atoms with Crippen LogP contribution in [0.5, 0.6) is 0 Å². The van der Waals surface area contributed by atoms with E-state index in [1.54, 1.807) is 0 Å². The van der Waals surface area contributed by atoms with Crippen LogP contribution in [0.3, 0.4) is 0 Å². The Morgan fingerprint density at radius 2 is 0.875 bits per heavy atom. The summed E-state index contributed by atoms with van der Waals surface area (Å²) in [7, 11) is 0. The van der Waals surface area contributed by atoms with E-state index in [2.05, 4.69) is 0 Å². The van der Waals surface area contributed by atoms with Gasteiger partial charge in [0.25, 0.3) is 0 Å². The largest absolute Gasteiger partial charge is 0.394 e. The lowest BCUT2D eigenvalue weighted by Crippen LogP contribution is -2.46. The number of hydrogen-bond acceptors (Lipinski definition) is 12. The topological polar surface area (TPSA) is 240 Å². The van der Waals surface area contributed by atoms with Gasteiger partial charge in [-0.25, -0.2) is 0 Å². The standard InChI is InChI=1S/C6H14O6.C6H12O6/c2*7-1-3(9)5(11)6(12)4(10)2-8/h3-12H,1-2H2;3,5-9,11-12H,1-2H2/t3-,4+,5-,6-;3-,5-,6-/m11/s1. The van der Waals surface area contributed by atoms with Crippen molar-refractivity contribution in [3.05, 3.63) is 0 Å². The van der Waals surface area contributed by atoms with Crippen molar-refractivity contribution < 1.29 is 61.0 Å². The number of ketones is 1. The maximum Gasteiger partial charge on any atom is 0.189 e. The third kappa shape index (κ3) is 8.91. The second-order valence-electron chi connectivity index (χ2n) is 4.79. The predicted molar refractivity (Wildman–Crippen MR) is 75.4 cm³/mol. The Kier molecular flexibility index (Phi) is 14.3. The van der Waals surface area contributed by atoms with Gasteiger partial charge in [0.2, 0.25) is 0 Å². The minimum absolute atomic E-state index is 0.726. The van der Waals surface area contributed by atoms with E-state index < -0.39 is 74.9 Å². The van der Waals surface area contributed by atoms with Crippen molar-refractivity contribution in [2.75, 3.05) is 26.4 Å². The fourth-order valence-electron chi connectivity index (χ4n) is 1.27. The minimum Gasteiger partial charge on any atom is -0.394 e. The van der Waals surface area contributed by atoms with Crippen LogP contribution >= 0.6 is 0 Å². The highest BCUT2D eigenvalue weighted by Gasteiger charge is 2.29. The number of aliphatic hydroxyl groups is 11.